The van der Waals surface area contributed by atoms with E-state index in [1.165, 1.54) is 16.2 Å². The van der Waals surface area contributed by atoms with Gasteiger partial charge in [-0.1, -0.05) is 75.8 Å². The fraction of sp³-hybridized carbons (Fsp3) is 0.542. The number of nitrogens with one attached hydrogen (secondary N) is 1. The molecule has 0 unspecified atom stereocenters. The maximum Gasteiger partial charge on any atom is 0.261 e. The van der Waals surface area contributed by atoms with Crippen LogP contribution in [0.15, 0.2) is 24.3 Å². The molecule has 0 bridgehead atoms. The maximum atomic E-state index is 12.3. The van der Waals surface area contributed by atoms with E-state index in [1.807, 2.05) is 0 Å². The molecule has 0 spiro atoms. The van der Waals surface area contributed by atoms with Gasteiger partial charge in [-0.15, -0.1) is 10.2 Å². The van der Waals surface area contributed by atoms with Gasteiger partial charge in [0.05, 0.1) is 11.1 Å². The molecule has 0 atom stereocenters. The number of carbonyl (C=O) groups is 3. The largest absolute Gasteiger partial charge is 0.301 e. The molecule has 1 aromatic heterocycles. The summed E-state index contributed by atoms with van der Waals surface area (Å²) in [6.07, 6.45) is 8.76. The van der Waals surface area contributed by atoms with Gasteiger partial charge in [0.25, 0.3) is 11.8 Å². The number of hydrogen-bond donors (Lipinski definition) is 1. The second kappa shape index (κ2) is 11.9. The van der Waals surface area contributed by atoms with Gasteiger partial charge in [-0.3, -0.25) is 19.3 Å². The standard InChI is InChI=1S/C24H32N4O3S/c1-17(2)21-26-27-24(32-21)25-20(29)15-9-7-5-3-4-6-8-12-16-28-22(30)18-13-10-11-14-19(18)23(28)31/h10-11,13-14,17H,3-9,12,15-16H2,1-2H3,(H,25,27,29). The molecule has 1 N–H and O–H groups in total. The SMILES string of the molecule is CC(C)c1nnc(NC(=O)CCCCCCCCCCN2C(=O)c3ccccc3C2=O)s1. The van der Waals surface area contributed by atoms with Gasteiger partial charge in [-0.25, -0.2) is 0 Å². The molecule has 172 valence electrons. The molecule has 32 heavy (non-hydrogen) atoms. The monoisotopic (exact) mass is 456 g/mol. The van der Waals surface area contributed by atoms with Crippen molar-refractivity contribution in [2.45, 2.75) is 77.6 Å². The number of imide groups is 1. The molecule has 1 aliphatic heterocycles. The third-order valence-corrected chi connectivity index (χ3v) is 6.73. The van der Waals surface area contributed by atoms with E-state index in [-0.39, 0.29) is 17.7 Å². The highest BCUT2D eigenvalue weighted by Gasteiger charge is 2.34. The molecule has 0 fully saturated rings. The molecule has 8 heteroatoms. The third-order valence-electron chi connectivity index (χ3n) is 5.59. The smallest absolute Gasteiger partial charge is 0.261 e. The summed E-state index contributed by atoms with van der Waals surface area (Å²) < 4.78 is 0. The van der Waals surface area contributed by atoms with Crippen LogP contribution in [0, 0.1) is 0 Å². The van der Waals surface area contributed by atoms with E-state index < -0.39 is 0 Å². The molecule has 2 heterocycles. The van der Waals surface area contributed by atoms with Crippen LogP contribution in [-0.4, -0.2) is 39.4 Å². The number of rotatable bonds is 13. The number of benzene rings is 1. The Hall–Kier alpha value is -2.61. The molecule has 0 aliphatic carbocycles. The zero-order valence-corrected chi connectivity index (χ0v) is 19.7. The second-order valence-corrected chi connectivity index (χ2v) is 9.54. The molecule has 3 amide bonds. The minimum absolute atomic E-state index is 0.00427. The van der Waals surface area contributed by atoms with Crippen LogP contribution in [0.25, 0.3) is 0 Å². The Morgan fingerprint density at radius 1 is 0.906 bits per heavy atom. The topological polar surface area (TPSA) is 92.3 Å². The maximum absolute atomic E-state index is 12.3. The van der Waals surface area contributed by atoms with E-state index >= 15 is 0 Å². The number of aromatic nitrogens is 2. The fourth-order valence-corrected chi connectivity index (χ4v) is 4.52. The van der Waals surface area contributed by atoms with Gasteiger partial charge in [0, 0.05) is 18.9 Å². The predicted molar refractivity (Wildman–Crippen MR) is 126 cm³/mol. The summed E-state index contributed by atoms with van der Waals surface area (Å²) in [5, 5.41) is 12.4. The van der Waals surface area contributed by atoms with Crippen molar-refractivity contribution in [2.75, 3.05) is 11.9 Å². The van der Waals surface area contributed by atoms with Gasteiger partial charge < -0.3 is 5.32 Å². The average Bonchev–Trinajstić information content (AvgIpc) is 3.34. The van der Waals surface area contributed by atoms with Crippen molar-refractivity contribution in [1.82, 2.24) is 15.1 Å². The molecule has 0 radical (unpaired) electrons. The molecule has 7 nitrogen and oxygen atoms in total. The molecule has 2 aromatic rings. The average molecular weight is 457 g/mol. The molecule has 0 saturated carbocycles. The van der Waals surface area contributed by atoms with Crippen LogP contribution in [0.5, 0.6) is 0 Å². The van der Waals surface area contributed by atoms with Gasteiger partial charge in [-0.2, -0.15) is 0 Å². The Balaban J connectivity index is 1.18. The summed E-state index contributed by atoms with van der Waals surface area (Å²) >= 11 is 1.44. The van der Waals surface area contributed by atoms with Crippen LogP contribution < -0.4 is 5.32 Å². The second-order valence-electron chi connectivity index (χ2n) is 8.53. The summed E-state index contributed by atoms with van der Waals surface area (Å²) in [5.41, 5.74) is 1.05. The van der Waals surface area contributed by atoms with Crippen LogP contribution in [0.1, 0.15) is 103 Å². The van der Waals surface area contributed by atoms with Crippen molar-refractivity contribution in [3.05, 3.63) is 40.4 Å². The van der Waals surface area contributed by atoms with E-state index in [1.54, 1.807) is 24.3 Å². The molecular weight excluding hydrogens is 424 g/mol. The van der Waals surface area contributed by atoms with Gasteiger partial charge in [0.1, 0.15) is 5.01 Å². The highest BCUT2D eigenvalue weighted by molar-refractivity contribution is 7.15. The molecule has 0 saturated heterocycles. The number of anilines is 1. The Morgan fingerprint density at radius 2 is 1.47 bits per heavy atom. The molecule has 3 rings (SSSR count). The van der Waals surface area contributed by atoms with Gasteiger partial charge in [0.2, 0.25) is 11.0 Å². The van der Waals surface area contributed by atoms with Crippen molar-refractivity contribution < 1.29 is 14.4 Å². The number of nitrogens with zero attached hydrogens (tertiary/aromatic N) is 3. The number of unbranched alkanes of at least 4 members (excludes halogenated alkanes) is 7. The van der Waals surface area contributed by atoms with Gasteiger partial charge >= 0.3 is 0 Å². The fourth-order valence-electron chi connectivity index (χ4n) is 3.76. The van der Waals surface area contributed by atoms with Crippen LogP contribution >= 0.6 is 11.3 Å². The number of hydrogen-bond acceptors (Lipinski definition) is 6. The number of carbonyl (C=O) groups excluding carboxylic acids is 3. The predicted octanol–water partition coefficient (Wildman–Crippen LogP) is 5.41. The molecule has 1 aromatic carbocycles. The van der Waals surface area contributed by atoms with Crippen molar-refractivity contribution in [1.29, 1.82) is 0 Å². The van der Waals surface area contributed by atoms with Crippen LogP contribution in [0.3, 0.4) is 0 Å². The van der Waals surface area contributed by atoms with Crippen molar-refractivity contribution in [3.63, 3.8) is 0 Å². The zero-order chi connectivity index (χ0) is 22.9. The Morgan fingerprint density at radius 3 is 2.03 bits per heavy atom. The Bertz CT molecular complexity index is 906. The van der Waals surface area contributed by atoms with E-state index in [4.69, 9.17) is 0 Å². The summed E-state index contributed by atoms with van der Waals surface area (Å²) in [6, 6.07) is 7.03. The minimum Gasteiger partial charge on any atom is -0.301 e. The van der Waals surface area contributed by atoms with E-state index in [2.05, 4.69) is 29.4 Å². The first-order valence-electron chi connectivity index (χ1n) is 11.6. The van der Waals surface area contributed by atoms with E-state index in [0.717, 1.165) is 56.4 Å². The van der Waals surface area contributed by atoms with E-state index in [0.29, 0.717) is 35.1 Å². The highest BCUT2D eigenvalue weighted by atomic mass is 32.1. The summed E-state index contributed by atoms with van der Waals surface area (Å²) in [6.45, 7) is 4.61. The lowest BCUT2D eigenvalue weighted by Crippen LogP contribution is -2.30. The van der Waals surface area contributed by atoms with Crippen LogP contribution in [-0.2, 0) is 4.79 Å². The van der Waals surface area contributed by atoms with Crippen molar-refractivity contribution in [2.24, 2.45) is 0 Å². The first-order valence-corrected chi connectivity index (χ1v) is 12.4. The normalized spacial score (nSPS) is 13.2. The minimum atomic E-state index is -0.166. The first kappa shape index (κ1) is 24.0. The highest BCUT2D eigenvalue weighted by Crippen LogP contribution is 2.24. The Labute approximate surface area is 193 Å². The van der Waals surface area contributed by atoms with Gasteiger partial charge in [-0.05, 0) is 25.0 Å². The van der Waals surface area contributed by atoms with Crippen molar-refractivity contribution >= 4 is 34.2 Å². The van der Waals surface area contributed by atoms with Crippen LogP contribution in [0.2, 0.25) is 0 Å². The third kappa shape index (κ3) is 6.45. The van der Waals surface area contributed by atoms with Crippen molar-refractivity contribution in [3.8, 4) is 0 Å². The molecule has 1 aliphatic rings. The lowest BCUT2D eigenvalue weighted by molar-refractivity contribution is -0.116. The Kier molecular flexibility index (Phi) is 8.90. The zero-order valence-electron chi connectivity index (χ0n) is 18.9. The first-order chi connectivity index (χ1) is 15.5. The summed E-state index contributed by atoms with van der Waals surface area (Å²) in [7, 11) is 0. The summed E-state index contributed by atoms with van der Waals surface area (Å²) in [5.74, 6) is -0.00708. The van der Waals surface area contributed by atoms with E-state index in [9.17, 15) is 14.4 Å². The van der Waals surface area contributed by atoms with Crippen LogP contribution in [0.4, 0.5) is 5.13 Å². The lowest BCUT2D eigenvalue weighted by atomic mass is 10.1. The summed E-state index contributed by atoms with van der Waals surface area (Å²) in [4.78, 5) is 38.0. The molecular formula is C24H32N4O3S. The van der Waals surface area contributed by atoms with Gasteiger partial charge in [0.15, 0.2) is 0 Å². The lowest BCUT2D eigenvalue weighted by Gasteiger charge is -2.13. The number of amides is 3. The number of fused-ring (bicyclic) bond motifs is 1. The quantitative estimate of drug-likeness (QED) is 0.321.